The highest BCUT2D eigenvalue weighted by atomic mass is 16.3. The van der Waals surface area contributed by atoms with Crippen LogP contribution in [0.5, 0.6) is 5.75 Å². The van der Waals surface area contributed by atoms with Gasteiger partial charge < -0.3 is 21.5 Å². The van der Waals surface area contributed by atoms with Crippen molar-refractivity contribution in [2.75, 3.05) is 16.4 Å². The Bertz CT molecular complexity index is 745. The number of nitrogens with one attached hydrogen (secondary N) is 2. The van der Waals surface area contributed by atoms with Gasteiger partial charge in [-0.15, -0.1) is 0 Å². The topological polar surface area (TPSA) is 111 Å². The fourth-order valence-electron chi connectivity index (χ4n) is 1.66. The lowest BCUT2D eigenvalue weighted by Gasteiger charge is -2.05. The monoisotopic (exact) mass is 294 g/mol. The van der Waals surface area contributed by atoms with Crippen molar-refractivity contribution in [2.45, 2.75) is 0 Å². The van der Waals surface area contributed by atoms with Crippen LogP contribution in [0.25, 0.3) is 0 Å². The molecular formula is C16H14N4O2. The number of nitriles is 1. The number of nitrogens with two attached hydrogens (primary N) is 1. The quantitative estimate of drug-likeness (QED) is 0.393. The average molecular weight is 294 g/mol. The summed E-state index contributed by atoms with van der Waals surface area (Å²) in [6.07, 6.45) is 1.28. The smallest absolute Gasteiger partial charge is 0.267 e. The molecule has 0 heterocycles. The second kappa shape index (κ2) is 6.81. The second-order valence-corrected chi connectivity index (χ2v) is 4.44. The van der Waals surface area contributed by atoms with Crippen molar-refractivity contribution in [1.29, 1.82) is 5.26 Å². The summed E-state index contributed by atoms with van der Waals surface area (Å²) >= 11 is 0. The highest BCUT2D eigenvalue weighted by Crippen LogP contribution is 2.16. The number of rotatable bonds is 4. The third-order valence-electron chi connectivity index (χ3n) is 2.76. The first-order chi connectivity index (χ1) is 10.6. The van der Waals surface area contributed by atoms with Crippen LogP contribution >= 0.6 is 0 Å². The molecule has 0 saturated carbocycles. The molecule has 0 radical (unpaired) electrons. The standard InChI is InChI=1S/C16H14N4O2/c17-9-11(10-19-14-2-1-3-15(21)8-14)16(22)20-13-6-4-12(18)5-7-13/h1-8,10,19,21H,18H2,(H,20,22)/b11-10-. The van der Waals surface area contributed by atoms with Crippen LogP contribution in [0.4, 0.5) is 17.1 Å². The van der Waals surface area contributed by atoms with Crippen molar-refractivity contribution in [3.05, 3.63) is 60.3 Å². The Labute approximate surface area is 127 Å². The number of phenols is 1. The number of amides is 1. The first-order valence-electron chi connectivity index (χ1n) is 6.41. The van der Waals surface area contributed by atoms with E-state index in [1.807, 2.05) is 6.07 Å². The molecule has 0 atom stereocenters. The van der Waals surface area contributed by atoms with E-state index in [9.17, 15) is 9.90 Å². The van der Waals surface area contributed by atoms with Gasteiger partial charge in [0.25, 0.3) is 5.91 Å². The summed E-state index contributed by atoms with van der Waals surface area (Å²) < 4.78 is 0. The van der Waals surface area contributed by atoms with Crippen molar-refractivity contribution in [3.8, 4) is 11.8 Å². The molecule has 2 aromatic carbocycles. The van der Waals surface area contributed by atoms with Gasteiger partial charge in [-0.1, -0.05) is 6.07 Å². The van der Waals surface area contributed by atoms with Gasteiger partial charge in [0.15, 0.2) is 0 Å². The van der Waals surface area contributed by atoms with E-state index < -0.39 is 5.91 Å². The number of carbonyl (C=O) groups is 1. The predicted molar refractivity (Wildman–Crippen MR) is 84.9 cm³/mol. The molecule has 1 amide bonds. The summed E-state index contributed by atoms with van der Waals surface area (Å²) in [6.45, 7) is 0. The van der Waals surface area contributed by atoms with Gasteiger partial charge in [0, 0.05) is 29.3 Å². The van der Waals surface area contributed by atoms with Crippen LogP contribution < -0.4 is 16.4 Å². The normalized spacial score (nSPS) is 10.6. The number of benzene rings is 2. The Morgan fingerprint density at radius 3 is 2.55 bits per heavy atom. The number of aromatic hydroxyl groups is 1. The van der Waals surface area contributed by atoms with Crippen molar-refractivity contribution in [2.24, 2.45) is 0 Å². The molecule has 0 unspecified atom stereocenters. The Balaban J connectivity index is 2.07. The number of anilines is 3. The van der Waals surface area contributed by atoms with Gasteiger partial charge in [-0.2, -0.15) is 5.26 Å². The maximum absolute atomic E-state index is 12.0. The van der Waals surface area contributed by atoms with E-state index in [1.165, 1.54) is 18.3 Å². The minimum Gasteiger partial charge on any atom is -0.508 e. The Kier molecular flexibility index (Phi) is 4.63. The molecular weight excluding hydrogens is 280 g/mol. The fourth-order valence-corrected chi connectivity index (χ4v) is 1.66. The third kappa shape index (κ3) is 4.02. The summed E-state index contributed by atoms with van der Waals surface area (Å²) in [5, 5.41) is 23.8. The molecule has 6 nitrogen and oxygen atoms in total. The molecule has 0 spiro atoms. The van der Waals surface area contributed by atoms with Gasteiger partial charge in [-0.3, -0.25) is 4.79 Å². The maximum Gasteiger partial charge on any atom is 0.267 e. The lowest BCUT2D eigenvalue weighted by molar-refractivity contribution is -0.112. The molecule has 0 saturated heterocycles. The van der Waals surface area contributed by atoms with Crippen LogP contribution in [-0.4, -0.2) is 11.0 Å². The lowest BCUT2D eigenvalue weighted by Crippen LogP contribution is -2.14. The molecule has 0 aliphatic carbocycles. The van der Waals surface area contributed by atoms with E-state index >= 15 is 0 Å². The van der Waals surface area contributed by atoms with Gasteiger partial charge in [-0.05, 0) is 36.4 Å². The molecule has 0 aliphatic heterocycles. The molecule has 0 fully saturated rings. The zero-order chi connectivity index (χ0) is 15.9. The molecule has 5 N–H and O–H groups in total. The second-order valence-electron chi connectivity index (χ2n) is 4.44. The van der Waals surface area contributed by atoms with Crippen molar-refractivity contribution in [1.82, 2.24) is 0 Å². The van der Waals surface area contributed by atoms with Gasteiger partial charge >= 0.3 is 0 Å². The number of carbonyl (C=O) groups excluding carboxylic acids is 1. The van der Waals surface area contributed by atoms with E-state index in [2.05, 4.69) is 10.6 Å². The molecule has 2 aromatic rings. The number of phenolic OH excluding ortho intramolecular Hbond substituents is 1. The van der Waals surface area contributed by atoms with Crippen LogP contribution in [0.3, 0.4) is 0 Å². The molecule has 0 aromatic heterocycles. The lowest BCUT2D eigenvalue weighted by atomic mass is 10.2. The first kappa shape index (κ1) is 14.9. The summed E-state index contributed by atoms with van der Waals surface area (Å²) in [6, 6.07) is 14.7. The van der Waals surface area contributed by atoms with Gasteiger partial charge in [0.05, 0.1) is 0 Å². The maximum atomic E-state index is 12.0. The van der Waals surface area contributed by atoms with Crippen LogP contribution in [-0.2, 0) is 4.79 Å². The van der Waals surface area contributed by atoms with Gasteiger partial charge in [0.2, 0.25) is 0 Å². The van der Waals surface area contributed by atoms with E-state index in [0.717, 1.165) is 0 Å². The average Bonchev–Trinajstić information content (AvgIpc) is 2.50. The molecule has 6 heteroatoms. The van der Waals surface area contributed by atoms with E-state index in [1.54, 1.807) is 36.4 Å². The van der Waals surface area contributed by atoms with Crippen molar-refractivity contribution >= 4 is 23.0 Å². The molecule has 22 heavy (non-hydrogen) atoms. The third-order valence-corrected chi connectivity index (χ3v) is 2.76. The van der Waals surface area contributed by atoms with Crippen LogP contribution in [0, 0.1) is 11.3 Å². The highest BCUT2D eigenvalue weighted by Gasteiger charge is 2.09. The van der Waals surface area contributed by atoms with Crippen LogP contribution in [0.15, 0.2) is 60.3 Å². The minimum absolute atomic E-state index is 0.0863. The van der Waals surface area contributed by atoms with Crippen LogP contribution in [0.1, 0.15) is 0 Å². The van der Waals surface area contributed by atoms with Crippen molar-refractivity contribution < 1.29 is 9.90 Å². The number of hydrogen-bond donors (Lipinski definition) is 4. The zero-order valence-electron chi connectivity index (χ0n) is 11.6. The summed E-state index contributed by atoms with van der Waals surface area (Å²) in [4.78, 5) is 12.0. The summed E-state index contributed by atoms with van der Waals surface area (Å²) in [5.41, 5.74) is 7.15. The van der Waals surface area contributed by atoms with Crippen molar-refractivity contribution in [3.63, 3.8) is 0 Å². The SMILES string of the molecule is N#C/C(=C/Nc1cccc(O)c1)C(=O)Nc1ccc(N)cc1. The number of nitrogens with zero attached hydrogens (tertiary/aromatic N) is 1. The molecule has 0 aliphatic rings. The molecule has 0 bridgehead atoms. The van der Waals surface area contributed by atoms with E-state index in [-0.39, 0.29) is 11.3 Å². The Morgan fingerprint density at radius 1 is 1.18 bits per heavy atom. The summed E-state index contributed by atoms with van der Waals surface area (Å²) in [7, 11) is 0. The first-order valence-corrected chi connectivity index (χ1v) is 6.41. The van der Waals surface area contributed by atoms with Crippen LogP contribution in [0.2, 0.25) is 0 Å². The van der Waals surface area contributed by atoms with Gasteiger partial charge in [-0.25, -0.2) is 0 Å². The largest absolute Gasteiger partial charge is 0.508 e. The zero-order valence-corrected chi connectivity index (χ0v) is 11.6. The van der Waals surface area contributed by atoms with E-state index in [4.69, 9.17) is 11.0 Å². The Hall–Kier alpha value is -3.46. The number of hydrogen-bond acceptors (Lipinski definition) is 5. The minimum atomic E-state index is -0.542. The molecule has 2 rings (SSSR count). The predicted octanol–water partition coefficient (Wildman–Crippen LogP) is 2.43. The van der Waals surface area contributed by atoms with Gasteiger partial charge in [0.1, 0.15) is 17.4 Å². The van der Waals surface area contributed by atoms with E-state index in [0.29, 0.717) is 17.1 Å². The molecule has 110 valence electrons. The fraction of sp³-hybridized carbons (Fsp3) is 0. The highest BCUT2D eigenvalue weighted by molar-refractivity contribution is 6.06. The summed E-state index contributed by atoms with van der Waals surface area (Å²) in [5.74, 6) is -0.455. The Morgan fingerprint density at radius 2 is 1.91 bits per heavy atom. The number of nitrogen functional groups attached to an aromatic ring is 1.